The van der Waals surface area contributed by atoms with Crippen LogP contribution in [0.3, 0.4) is 0 Å². The summed E-state index contributed by atoms with van der Waals surface area (Å²) in [5, 5.41) is 7.25. The minimum atomic E-state index is 0.300. The highest BCUT2D eigenvalue weighted by atomic mass is 32.1. The molecule has 0 amide bonds. The SMILES string of the molecule is CCCNC(c1cccc2ccsc12)C1OCCC1C. The second kappa shape index (κ2) is 6.25. The maximum absolute atomic E-state index is 6.05. The van der Waals surface area contributed by atoms with Gasteiger partial charge in [0.05, 0.1) is 12.1 Å². The normalized spacial score (nSPS) is 24.3. The number of benzene rings is 1. The van der Waals surface area contributed by atoms with E-state index in [4.69, 9.17) is 4.74 Å². The van der Waals surface area contributed by atoms with Gasteiger partial charge >= 0.3 is 0 Å². The molecule has 0 spiro atoms. The minimum Gasteiger partial charge on any atom is -0.376 e. The van der Waals surface area contributed by atoms with Crippen LogP contribution in [0, 0.1) is 5.92 Å². The van der Waals surface area contributed by atoms with Gasteiger partial charge in [-0.3, -0.25) is 0 Å². The van der Waals surface area contributed by atoms with Gasteiger partial charge in [0.1, 0.15) is 0 Å². The highest BCUT2D eigenvalue weighted by Crippen LogP contribution is 2.36. The van der Waals surface area contributed by atoms with Gasteiger partial charge in [-0.15, -0.1) is 11.3 Å². The lowest BCUT2D eigenvalue weighted by Crippen LogP contribution is -2.35. The molecule has 1 aliphatic heterocycles. The van der Waals surface area contributed by atoms with Crippen molar-refractivity contribution in [3.8, 4) is 0 Å². The van der Waals surface area contributed by atoms with Gasteiger partial charge in [0, 0.05) is 11.3 Å². The zero-order chi connectivity index (χ0) is 13.9. The van der Waals surface area contributed by atoms with Crippen molar-refractivity contribution >= 4 is 21.4 Å². The second-order valence-corrected chi connectivity index (χ2v) is 6.64. The summed E-state index contributed by atoms with van der Waals surface area (Å²) in [6.45, 7) is 6.47. The van der Waals surface area contributed by atoms with Gasteiger partial charge < -0.3 is 10.1 Å². The Hall–Kier alpha value is -0.900. The lowest BCUT2D eigenvalue weighted by Gasteiger charge is -2.28. The molecule has 2 aromatic rings. The molecule has 1 aliphatic rings. The zero-order valence-electron chi connectivity index (χ0n) is 12.3. The molecule has 2 heterocycles. The van der Waals surface area contributed by atoms with Crippen LogP contribution < -0.4 is 5.32 Å². The lowest BCUT2D eigenvalue weighted by molar-refractivity contribution is 0.0612. The van der Waals surface area contributed by atoms with E-state index in [0.717, 1.165) is 19.6 Å². The Balaban J connectivity index is 1.97. The first-order chi connectivity index (χ1) is 9.81. The Morgan fingerprint density at radius 2 is 2.30 bits per heavy atom. The fraction of sp³-hybridized carbons (Fsp3) is 0.529. The highest BCUT2D eigenvalue weighted by molar-refractivity contribution is 7.17. The molecule has 20 heavy (non-hydrogen) atoms. The van der Waals surface area contributed by atoms with Crippen LogP contribution in [-0.4, -0.2) is 19.3 Å². The van der Waals surface area contributed by atoms with Gasteiger partial charge in [-0.25, -0.2) is 0 Å². The predicted octanol–water partition coefficient (Wildman–Crippen LogP) is 4.37. The molecule has 1 aromatic carbocycles. The van der Waals surface area contributed by atoms with Gasteiger partial charge in [0.2, 0.25) is 0 Å². The Morgan fingerprint density at radius 1 is 1.40 bits per heavy atom. The van der Waals surface area contributed by atoms with Crippen molar-refractivity contribution in [2.45, 2.75) is 38.8 Å². The third kappa shape index (κ3) is 2.62. The Labute approximate surface area is 125 Å². The van der Waals surface area contributed by atoms with Crippen LogP contribution in [0.4, 0.5) is 0 Å². The number of hydrogen-bond acceptors (Lipinski definition) is 3. The van der Waals surface area contributed by atoms with Crippen molar-refractivity contribution in [2.24, 2.45) is 5.92 Å². The summed E-state index contributed by atoms with van der Waals surface area (Å²) < 4.78 is 7.45. The molecular formula is C17H23NOS. The summed E-state index contributed by atoms with van der Waals surface area (Å²) in [6, 6.07) is 9.16. The van der Waals surface area contributed by atoms with Crippen LogP contribution in [0.2, 0.25) is 0 Å². The largest absolute Gasteiger partial charge is 0.376 e. The van der Waals surface area contributed by atoms with E-state index < -0.39 is 0 Å². The summed E-state index contributed by atoms with van der Waals surface area (Å²) in [5.41, 5.74) is 1.41. The van der Waals surface area contributed by atoms with Crippen LogP contribution in [0.5, 0.6) is 0 Å². The number of fused-ring (bicyclic) bond motifs is 1. The van der Waals surface area contributed by atoms with Crippen LogP contribution in [0.25, 0.3) is 10.1 Å². The molecule has 0 saturated carbocycles. The third-order valence-corrected chi connectivity index (χ3v) is 5.21. The van der Waals surface area contributed by atoms with Crippen LogP contribution in [0.15, 0.2) is 29.6 Å². The van der Waals surface area contributed by atoms with E-state index in [9.17, 15) is 0 Å². The Kier molecular flexibility index (Phi) is 4.39. The monoisotopic (exact) mass is 289 g/mol. The summed E-state index contributed by atoms with van der Waals surface area (Å²) in [6.07, 6.45) is 2.63. The standard InChI is InChI=1S/C17H23NOS/c1-3-9-18-15(16-12(2)7-10-19-16)14-6-4-5-13-8-11-20-17(13)14/h4-6,8,11-12,15-16,18H,3,7,9-10H2,1-2H3. The number of thiophene rings is 1. The first kappa shape index (κ1) is 14.1. The van der Waals surface area contributed by atoms with E-state index >= 15 is 0 Å². The maximum Gasteiger partial charge on any atom is 0.0796 e. The average molecular weight is 289 g/mol. The molecule has 3 atom stereocenters. The predicted molar refractivity (Wildman–Crippen MR) is 86.4 cm³/mol. The fourth-order valence-electron chi connectivity index (χ4n) is 3.11. The van der Waals surface area contributed by atoms with E-state index in [1.807, 2.05) is 11.3 Å². The van der Waals surface area contributed by atoms with Gasteiger partial charge in [-0.1, -0.05) is 32.0 Å². The van der Waals surface area contributed by atoms with Crippen molar-refractivity contribution in [3.63, 3.8) is 0 Å². The molecule has 108 valence electrons. The van der Waals surface area contributed by atoms with Gasteiger partial charge in [-0.05, 0) is 47.7 Å². The summed E-state index contributed by atoms with van der Waals surface area (Å²) in [7, 11) is 0. The van der Waals surface area contributed by atoms with Gasteiger partial charge in [0.15, 0.2) is 0 Å². The van der Waals surface area contributed by atoms with Gasteiger partial charge in [-0.2, -0.15) is 0 Å². The van der Waals surface area contributed by atoms with E-state index in [2.05, 4.69) is 48.8 Å². The van der Waals surface area contributed by atoms with E-state index in [1.54, 1.807) is 0 Å². The van der Waals surface area contributed by atoms with E-state index in [1.165, 1.54) is 22.1 Å². The number of nitrogens with one attached hydrogen (secondary N) is 1. The van der Waals surface area contributed by atoms with Crippen LogP contribution >= 0.6 is 11.3 Å². The first-order valence-corrected chi connectivity index (χ1v) is 8.50. The minimum absolute atomic E-state index is 0.300. The summed E-state index contributed by atoms with van der Waals surface area (Å²) >= 11 is 1.84. The molecule has 0 aliphatic carbocycles. The molecular weight excluding hydrogens is 266 g/mol. The highest BCUT2D eigenvalue weighted by Gasteiger charge is 2.33. The van der Waals surface area contributed by atoms with Crippen molar-refractivity contribution in [1.29, 1.82) is 0 Å². The molecule has 1 N–H and O–H groups in total. The lowest BCUT2D eigenvalue weighted by atomic mass is 9.92. The second-order valence-electron chi connectivity index (χ2n) is 5.72. The van der Waals surface area contributed by atoms with Crippen molar-refractivity contribution in [2.75, 3.05) is 13.2 Å². The topological polar surface area (TPSA) is 21.3 Å². The third-order valence-electron chi connectivity index (χ3n) is 4.23. The Bertz CT molecular complexity index is 565. The molecule has 0 radical (unpaired) electrons. The Morgan fingerprint density at radius 3 is 3.05 bits per heavy atom. The number of ether oxygens (including phenoxy) is 1. The molecule has 3 unspecified atom stereocenters. The van der Waals surface area contributed by atoms with Crippen LogP contribution in [-0.2, 0) is 4.74 Å². The van der Waals surface area contributed by atoms with Crippen molar-refractivity contribution < 1.29 is 4.74 Å². The summed E-state index contributed by atoms with van der Waals surface area (Å²) in [5.74, 6) is 0.625. The maximum atomic E-state index is 6.05. The van der Waals surface area contributed by atoms with E-state index in [-0.39, 0.29) is 0 Å². The number of hydrogen-bond donors (Lipinski definition) is 1. The smallest absolute Gasteiger partial charge is 0.0796 e. The quantitative estimate of drug-likeness (QED) is 0.882. The number of rotatable bonds is 5. The molecule has 3 rings (SSSR count). The molecule has 2 nitrogen and oxygen atoms in total. The first-order valence-electron chi connectivity index (χ1n) is 7.62. The molecule has 1 fully saturated rings. The van der Waals surface area contributed by atoms with E-state index in [0.29, 0.717) is 18.1 Å². The van der Waals surface area contributed by atoms with Crippen molar-refractivity contribution in [3.05, 3.63) is 35.2 Å². The molecule has 0 bridgehead atoms. The zero-order valence-corrected chi connectivity index (χ0v) is 13.1. The summed E-state index contributed by atoms with van der Waals surface area (Å²) in [4.78, 5) is 0. The van der Waals surface area contributed by atoms with Gasteiger partial charge in [0.25, 0.3) is 0 Å². The van der Waals surface area contributed by atoms with Crippen molar-refractivity contribution in [1.82, 2.24) is 5.32 Å². The molecule has 3 heteroatoms. The fourth-order valence-corrected chi connectivity index (χ4v) is 4.06. The van der Waals surface area contributed by atoms with Crippen LogP contribution in [0.1, 0.15) is 38.3 Å². The average Bonchev–Trinajstić information content (AvgIpc) is 3.09. The molecule has 1 aromatic heterocycles. The molecule has 1 saturated heterocycles.